The molecule has 0 aromatic carbocycles. The van der Waals surface area contributed by atoms with Crippen molar-refractivity contribution < 1.29 is 14.7 Å². The third-order valence-corrected chi connectivity index (χ3v) is 3.03. The van der Waals surface area contributed by atoms with E-state index >= 15 is 0 Å². The summed E-state index contributed by atoms with van der Waals surface area (Å²) in [6, 6.07) is -0.934. The smallest absolute Gasteiger partial charge is 0.242 e. The van der Waals surface area contributed by atoms with E-state index in [0.29, 0.717) is 13.0 Å². The molecule has 4 N–H and O–H groups in total. The lowest BCUT2D eigenvalue weighted by Crippen LogP contribution is -2.54. The number of nitrogens with two attached hydrogens (primary N) is 1. The van der Waals surface area contributed by atoms with Crippen molar-refractivity contribution in [2.75, 3.05) is 19.7 Å². The normalized spacial score (nSPS) is 26.4. The molecule has 0 aromatic heterocycles. The van der Waals surface area contributed by atoms with Gasteiger partial charge in [0, 0.05) is 12.1 Å². The second-order valence-corrected chi connectivity index (χ2v) is 4.47. The van der Waals surface area contributed by atoms with Gasteiger partial charge in [0.05, 0.1) is 6.61 Å². The maximum absolute atomic E-state index is 11.1. The van der Waals surface area contributed by atoms with Crippen molar-refractivity contribution in [1.29, 1.82) is 0 Å². The average molecular weight is 229 g/mol. The first kappa shape index (κ1) is 12.9. The Morgan fingerprint density at radius 1 is 1.75 bits per heavy atom. The fourth-order valence-corrected chi connectivity index (χ4v) is 2.07. The summed E-state index contributed by atoms with van der Waals surface area (Å²) in [5.41, 5.74) is 4.93. The van der Waals surface area contributed by atoms with Crippen LogP contribution in [0, 0.1) is 0 Å². The minimum absolute atomic E-state index is 0.191. The molecule has 1 saturated heterocycles. The standard InChI is InChI=1S/C10H19N3O3/c1-10(3-2-4-12-10)6-13(7-15)8(5-14)9(11)16/h7-8,12,14H,2-6H2,1H3,(H2,11,16). The van der Waals surface area contributed by atoms with Crippen LogP contribution in [0.15, 0.2) is 0 Å². The van der Waals surface area contributed by atoms with E-state index in [1.54, 1.807) is 0 Å². The zero-order chi connectivity index (χ0) is 12.2. The molecule has 6 heteroatoms. The van der Waals surface area contributed by atoms with Crippen LogP contribution in [0.1, 0.15) is 19.8 Å². The molecule has 0 aromatic rings. The van der Waals surface area contributed by atoms with Gasteiger partial charge in [0.2, 0.25) is 12.3 Å². The third kappa shape index (κ3) is 2.93. The molecule has 1 aliphatic rings. The lowest BCUT2D eigenvalue weighted by molar-refractivity contribution is -0.133. The third-order valence-electron chi connectivity index (χ3n) is 3.03. The molecule has 1 fully saturated rings. The zero-order valence-electron chi connectivity index (χ0n) is 9.48. The van der Waals surface area contributed by atoms with Crippen molar-refractivity contribution in [2.45, 2.75) is 31.3 Å². The zero-order valence-corrected chi connectivity index (χ0v) is 9.48. The molecule has 2 unspecified atom stereocenters. The molecule has 16 heavy (non-hydrogen) atoms. The molecular formula is C10H19N3O3. The highest BCUT2D eigenvalue weighted by atomic mass is 16.3. The molecule has 2 atom stereocenters. The lowest BCUT2D eigenvalue weighted by Gasteiger charge is -2.33. The van der Waals surface area contributed by atoms with Gasteiger partial charge < -0.3 is 21.1 Å². The van der Waals surface area contributed by atoms with Gasteiger partial charge in [-0.25, -0.2) is 0 Å². The van der Waals surface area contributed by atoms with E-state index in [-0.39, 0.29) is 5.54 Å². The van der Waals surface area contributed by atoms with E-state index in [9.17, 15) is 9.59 Å². The van der Waals surface area contributed by atoms with Crippen molar-refractivity contribution >= 4 is 12.3 Å². The number of aliphatic hydroxyl groups is 1. The van der Waals surface area contributed by atoms with Crippen LogP contribution in [-0.2, 0) is 9.59 Å². The first-order valence-corrected chi connectivity index (χ1v) is 5.38. The van der Waals surface area contributed by atoms with Crippen LogP contribution < -0.4 is 11.1 Å². The van der Waals surface area contributed by atoms with Crippen LogP contribution in [0.25, 0.3) is 0 Å². The maximum atomic E-state index is 11.1. The Morgan fingerprint density at radius 2 is 2.44 bits per heavy atom. The van der Waals surface area contributed by atoms with E-state index in [1.807, 2.05) is 6.92 Å². The minimum Gasteiger partial charge on any atom is -0.394 e. The first-order chi connectivity index (χ1) is 7.52. The minimum atomic E-state index is -0.934. The van der Waals surface area contributed by atoms with Crippen molar-refractivity contribution in [3.63, 3.8) is 0 Å². The number of nitrogens with zero attached hydrogens (tertiary/aromatic N) is 1. The molecule has 0 bridgehead atoms. The number of rotatable bonds is 6. The highest BCUT2D eigenvalue weighted by Gasteiger charge is 2.33. The Morgan fingerprint density at radius 3 is 2.81 bits per heavy atom. The second-order valence-electron chi connectivity index (χ2n) is 4.47. The highest BCUT2D eigenvalue weighted by Crippen LogP contribution is 2.20. The number of amides is 2. The molecule has 0 radical (unpaired) electrons. The topological polar surface area (TPSA) is 95.7 Å². The summed E-state index contributed by atoms with van der Waals surface area (Å²) in [7, 11) is 0. The van der Waals surface area contributed by atoms with Crippen molar-refractivity contribution in [1.82, 2.24) is 10.2 Å². The van der Waals surface area contributed by atoms with Gasteiger partial charge in [0.25, 0.3) is 0 Å². The summed E-state index contributed by atoms with van der Waals surface area (Å²) >= 11 is 0. The number of hydrogen-bond donors (Lipinski definition) is 3. The van der Waals surface area contributed by atoms with E-state index in [1.165, 1.54) is 4.90 Å². The lowest BCUT2D eigenvalue weighted by atomic mass is 9.99. The van der Waals surface area contributed by atoms with Gasteiger partial charge in [-0.3, -0.25) is 9.59 Å². The monoisotopic (exact) mass is 229 g/mol. The fourth-order valence-electron chi connectivity index (χ4n) is 2.07. The number of nitrogens with one attached hydrogen (secondary N) is 1. The number of carbonyl (C=O) groups excluding carboxylic acids is 2. The number of primary amides is 1. The van der Waals surface area contributed by atoms with Gasteiger partial charge in [-0.05, 0) is 26.3 Å². The van der Waals surface area contributed by atoms with E-state index < -0.39 is 18.6 Å². The van der Waals surface area contributed by atoms with Gasteiger partial charge in [-0.2, -0.15) is 0 Å². The Bertz CT molecular complexity index is 264. The Labute approximate surface area is 94.8 Å². The van der Waals surface area contributed by atoms with Gasteiger partial charge >= 0.3 is 0 Å². The Kier molecular flexibility index (Phi) is 4.26. The molecule has 1 rings (SSSR count). The summed E-state index contributed by atoms with van der Waals surface area (Å²) in [6.07, 6.45) is 2.55. The highest BCUT2D eigenvalue weighted by molar-refractivity contribution is 5.82. The molecule has 0 saturated carbocycles. The number of aliphatic hydroxyl groups excluding tert-OH is 1. The summed E-state index contributed by atoms with van der Waals surface area (Å²) in [4.78, 5) is 23.2. The Hall–Kier alpha value is -1.14. The van der Waals surface area contributed by atoms with Gasteiger partial charge in [0.1, 0.15) is 6.04 Å². The van der Waals surface area contributed by atoms with Gasteiger partial charge in [0.15, 0.2) is 0 Å². The number of hydrogen-bond acceptors (Lipinski definition) is 4. The largest absolute Gasteiger partial charge is 0.394 e. The summed E-state index contributed by atoms with van der Waals surface area (Å²) < 4.78 is 0. The summed E-state index contributed by atoms with van der Waals surface area (Å²) in [5, 5.41) is 12.3. The second kappa shape index (κ2) is 5.27. The predicted molar refractivity (Wildman–Crippen MR) is 58.5 cm³/mol. The Balaban J connectivity index is 2.66. The first-order valence-electron chi connectivity index (χ1n) is 5.38. The molecular weight excluding hydrogens is 210 g/mol. The molecule has 92 valence electrons. The average Bonchev–Trinajstić information content (AvgIpc) is 2.64. The van der Waals surface area contributed by atoms with Crippen molar-refractivity contribution in [3.8, 4) is 0 Å². The van der Waals surface area contributed by atoms with Crippen LogP contribution in [0.5, 0.6) is 0 Å². The molecule has 2 amide bonds. The predicted octanol–water partition coefficient (Wildman–Crippen LogP) is -1.57. The number of carbonyl (C=O) groups is 2. The quantitative estimate of drug-likeness (QED) is 0.480. The van der Waals surface area contributed by atoms with Gasteiger partial charge in [-0.15, -0.1) is 0 Å². The van der Waals surface area contributed by atoms with Gasteiger partial charge in [-0.1, -0.05) is 0 Å². The van der Waals surface area contributed by atoms with E-state index in [4.69, 9.17) is 10.8 Å². The van der Waals surface area contributed by atoms with Crippen molar-refractivity contribution in [3.05, 3.63) is 0 Å². The maximum Gasteiger partial charge on any atom is 0.242 e. The molecule has 1 heterocycles. The van der Waals surface area contributed by atoms with E-state index in [0.717, 1.165) is 19.4 Å². The van der Waals surface area contributed by atoms with E-state index in [2.05, 4.69) is 5.32 Å². The molecule has 6 nitrogen and oxygen atoms in total. The van der Waals surface area contributed by atoms with Crippen LogP contribution in [0.4, 0.5) is 0 Å². The van der Waals surface area contributed by atoms with Crippen LogP contribution >= 0.6 is 0 Å². The molecule has 0 spiro atoms. The SMILES string of the molecule is CC1(CN(C=O)C(CO)C(N)=O)CCCN1. The molecule has 0 aliphatic carbocycles. The summed E-state index contributed by atoms with van der Waals surface area (Å²) in [6.45, 7) is 2.84. The fraction of sp³-hybridized carbons (Fsp3) is 0.800. The van der Waals surface area contributed by atoms with Crippen molar-refractivity contribution in [2.24, 2.45) is 5.73 Å². The molecule has 1 aliphatic heterocycles. The van der Waals surface area contributed by atoms with Crippen LogP contribution in [0.3, 0.4) is 0 Å². The van der Waals surface area contributed by atoms with Crippen LogP contribution in [-0.4, -0.2) is 53.6 Å². The summed E-state index contributed by atoms with van der Waals surface area (Å²) in [5.74, 6) is -0.684. The van der Waals surface area contributed by atoms with Crippen LogP contribution in [0.2, 0.25) is 0 Å².